The van der Waals surface area contributed by atoms with E-state index in [1.807, 2.05) is 30.3 Å². The standard InChI is InChI=1S/C17H13NO4/c19-15-9-5-4-8-14(15)17(20)21-11-13-10-16(22-18-13)12-6-2-1-3-7-12/h1-10,19H,11H2. The summed E-state index contributed by atoms with van der Waals surface area (Å²) in [6, 6.07) is 17.4. The SMILES string of the molecule is O=C(OCc1cc(-c2ccccc2)on1)c1ccccc1O. The number of phenols is 1. The van der Waals surface area contributed by atoms with Gasteiger partial charge in [0.15, 0.2) is 5.76 Å². The molecule has 0 aliphatic carbocycles. The van der Waals surface area contributed by atoms with Crippen molar-refractivity contribution in [1.82, 2.24) is 5.16 Å². The van der Waals surface area contributed by atoms with E-state index in [2.05, 4.69) is 5.16 Å². The van der Waals surface area contributed by atoms with E-state index in [9.17, 15) is 9.90 Å². The summed E-state index contributed by atoms with van der Waals surface area (Å²) in [5, 5.41) is 13.5. The van der Waals surface area contributed by atoms with E-state index in [1.165, 1.54) is 12.1 Å². The molecule has 0 bridgehead atoms. The number of carbonyl (C=O) groups excluding carboxylic acids is 1. The second kappa shape index (κ2) is 6.13. The Morgan fingerprint density at radius 2 is 1.82 bits per heavy atom. The van der Waals surface area contributed by atoms with Gasteiger partial charge in [-0.2, -0.15) is 0 Å². The number of ether oxygens (including phenoxy) is 1. The van der Waals surface area contributed by atoms with Gasteiger partial charge in [-0.1, -0.05) is 47.6 Å². The van der Waals surface area contributed by atoms with Gasteiger partial charge in [0.1, 0.15) is 23.6 Å². The predicted octanol–water partition coefficient (Wildman–Crippen LogP) is 3.40. The number of hydrogen-bond donors (Lipinski definition) is 1. The van der Waals surface area contributed by atoms with Gasteiger partial charge in [-0.05, 0) is 12.1 Å². The van der Waals surface area contributed by atoms with Crippen molar-refractivity contribution in [3.63, 3.8) is 0 Å². The number of carbonyl (C=O) groups is 1. The Morgan fingerprint density at radius 1 is 1.09 bits per heavy atom. The van der Waals surface area contributed by atoms with Crippen LogP contribution in [0.3, 0.4) is 0 Å². The molecule has 110 valence electrons. The van der Waals surface area contributed by atoms with Gasteiger partial charge in [-0.25, -0.2) is 4.79 Å². The number of benzene rings is 2. The average Bonchev–Trinajstić information content (AvgIpc) is 3.03. The first-order valence-corrected chi connectivity index (χ1v) is 6.70. The molecule has 1 N–H and O–H groups in total. The molecular weight excluding hydrogens is 282 g/mol. The molecule has 22 heavy (non-hydrogen) atoms. The predicted molar refractivity (Wildman–Crippen MR) is 79.2 cm³/mol. The highest BCUT2D eigenvalue weighted by atomic mass is 16.5. The van der Waals surface area contributed by atoms with Crippen molar-refractivity contribution in [2.24, 2.45) is 0 Å². The zero-order valence-electron chi connectivity index (χ0n) is 11.6. The lowest BCUT2D eigenvalue weighted by molar-refractivity contribution is 0.0461. The van der Waals surface area contributed by atoms with Gasteiger partial charge in [0.2, 0.25) is 0 Å². The molecule has 0 radical (unpaired) electrons. The summed E-state index contributed by atoms with van der Waals surface area (Å²) in [6.07, 6.45) is 0. The highest BCUT2D eigenvalue weighted by molar-refractivity contribution is 5.92. The van der Waals surface area contributed by atoms with E-state index in [4.69, 9.17) is 9.26 Å². The summed E-state index contributed by atoms with van der Waals surface area (Å²) in [4.78, 5) is 11.9. The third-order valence-corrected chi connectivity index (χ3v) is 3.09. The topological polar surface area (TPSA) is 72.6 Å². The summed E-state index contributed by atoms with van der Waals surface area (Å²) in [7, 11) is 0. The van der Waals surface area contributed by atoms with Crippen LogP contribution in [0.25, 0.3) is 11.3 Å². The van der Waals surface area contributed by atoms with Crippen LogP contribution >= 0.6 is 0 Å². The molecule has 0 fully saturated rings. The van der Waals surface area contributed by atoms with Gasteiger partial charge < -0.3 is 14.4 Å². The molecule has 0 aliphatic rings. The molecule has 0 saturated carbocycles. The maximum absolute atomic E-state index is 11.9. The van der Waals surface area contributed by atoms with Crippen LogP contribution in [-0.2, 0) is 11.3 Å². The lowest BCUT2D eigenvalue weighted by Gasteiger charge is -2.03. The van der Waals surface area contributed by atoms with E-state index in [0.717, 1.165) is 5.56 Å². The van der Waals surface area contributed by atoms with Gasteiger partial charge >= 0.3 is 5.97 Å². The minimum Gasteiger partial charge on any atom is -0.507 e. The second-order valence-corrected chi connectivity index (χ2v) is 4.64. The fraction of sp³-hybridized carbons (Fsp3) is 0.0588. The minimum atomic E-state index is -0.609. The highest BCUT2D eigenvalue weighted by Gasteiger charge is 2.13. The van der Waals surface area contributed by atoms with Crippen LogP contribution in [0.4, 0.5) is 0 Å². The van der Waals surface area contributed by atoms with Gasteiger partial charge in [0, 0.05) is 11.6 Å². The Labute approximate surface area is 126 Å². The lowest BCUT2D eigenvalue weighted by atomic mass is 10.2. The molecule has 1 aromatic heterocycles. The minimum absolute atomic E-state index is 0.0243. The van der Waals surface area contributed by atoms with E-state index < -0.39 is 5.97 Å². The molecular formula is C17H13NO4. The van der Waals surface area contributed by atoms with Gasteiger partial charge in [-0.15, -0.1) is 0 Å². The maximum atomic E-state index is 11.9. The van der Waals surface area contributed by atoms with Crippen molar-refractivity contribution < 1.29 is 19.2 Å². The number of aromatic nitrogens is 1. The molecule has 5 heteroatoms. The Morgan fingerprint density at radius 3 is 2.59 bits per heavy atom. The zero-order valence-corrected chi connectivity index (χ0v) is 11.6. The van der Waals surface area contributed by atoms with Crippen molar-refractivity contribution in [2.75, 3.05) is 0 Å². The van der Waals surface area contributed by atoms with Crippen molar-refractivity contribution in [3.8, 4) is 17.1 Å². The van der Waals surface area contributed by atoms with Gasteiger partial charge in [-0.3, -0.25) is 0 Å². The summed E-state index contributed by atoms with van der Waals surface area (Å²) in [5.74, 6) is -0.116. The highest BCUT2D eigenvalue weighted by Crippen LogP contribution is 2.21. The van der Waals surface area contributed by atoms with E-state index in [0.29, 0.717) is 11.5 Å². The first kappa shape index (κ1) is 13.9. The fourth-order valence-electron chi connectivity index (χ4n) is 1.98. The first-order chi connectivity index (χ1) is 10.7. The van der Waals surface area contributed by atoms with Crippen LogP contribution in [0.5, 0.6) is 5.75 Å². The molecule has 0 amide bonds. The molecule has 3 rings (SSSR count). The zero-order chi connectivity index (χ0) is 15.4. The molecule has 0 unspecified atom stereocenters. The van der Waals surface area contributed by atoms with Crippen molar-refractivity contribution >= 4 is 5.97 Å². The molecule has 5 nitrogen and oxygen atoms in total. The lowest BCUT2D eigenvalue weighted by Crippen LogP contribution is -2.05. The number of phenolic OH excluding ortho intramolecular Hbond substituents is 1. The quantitative estimate of drug-likeness (QED) is 0.747. The molecule has 0 spiro atoms. The van der Waals surface area contributed by atoms with Gasteiger partial charge in [0.25, 0.3) is 0 Å². The number of nitrogens with zero attached hydrogens (tertiary/aromatic N) is 1. The number of para-hydroxylation sites is 1. The number of aromatic hydroxyl groups is 1. The molecule has 0 aliphatic heterocycles. The maximum Gasteiger partial charge on any atom is 0.342 e. The second-order valence-electron chi connectivity index (χ2n) is 4.64. The molecule has 1 heterocycles. The van der Waals surface area contributed by atoms with E-state index in [1.54, 1.807) is 18.2 Å². The van der Waals surface area contributed by atoms with Crippen LogP contribution in [0, 0.1) is 0 Å². The van der Waals surface area contributed by atoms with Crippen molar-refractivity contribution in [1.29, 1.82) is 0 Å². The third-order valence-electron chi connectivity index (χ3n) is 3.09. The van der Waals surface area contributed by atoms with Crippen LogP contribution in [0.15, 0.2) is 65.2 Å². The average molecular weight is 295 g/mol. The van der Waals surface area contributed by atoms with E-state index in [-0.39, 0.29) is 17.9 Å². The Kier molecular flexibility index (Phi) is 3.87. The van der Waals surface area contributed by atoms with Crippen LogP contribution < -0.4 is 0 Å². The fourth-order valence-corrected chi connectivity index (χ4v) is 1.98. The van der Waals surface area contributed by atoms with Gasteiger partial charge in [0.05, 0.1) is 0 Å². The first-order valence-electron chi connectivity index (χ1n) is 6.70. The Balaban J connectivity index is 1.67. The van der Waals surface area contributed by atoms with Crippen molar-refractivity contribution in [3.05, 3.63) is 71.9 Å². The smallest absolute Gasteiger partial charge is 0.342 e. The number of hydrogen-bond acceptors (Lipinski definition) is 5. The molecule has 0 saturated heterocycles. The largest absolute Gasteiger partial charge is 0.507 e. The molecule has 2 aromatic carbocycles. The van der Waals surface area contributed by atoms with Crippen LogP contribution in [0.2, 0.25) is 0 Å². The Hall–Kier alpha value is -3.08. The monoisotopic (exact) mass is 295 g/mol. The molecule has 0 atom stereocenters. The number of esters is 1. The van der Waals surface area contributed by atoms with Crippen LogP contribution in [0.1, 0.15) is 16.1 Å². The summed E-state index contributed by atoms with van der Waals surface area (Å²) in [6.45, 7) is -0.0243. The number of rotatable bonds is 4. The summed E-state index contributed by atoms with van der Waals surface area (Å²) < 4.78 is 10.3. The summed E-state index contributed by atoms with van der Waals surface area (Å²) in [5.41, 5.74) is 1.52. The van der Waals surface area contributed by atoms with E-state index >= 15 is 0 Å². The molecule has 3 aromatic rings. The van der Waals surface area contributed by atoms with Crippen molar-refractivity contribution in [2.45, 2.75) is 6.61 Å². The third kappa shape index (κ3) is 2.98. The Bertz CT molecular complexity index is 780. The summed E-state index contributed by atoms with van der Waals surface area (Å²) >= 11 is 0. The van der Waals surface area contributed by atoms with Crippen LogP contribution in [-0.4, -0.2) is 16.2 Å². The normalized spacial score (nSPS) is 10.4.